The molecule has 1 atom stereocenters. The summed E-state index contributed by atoms with van der Waals surface area (Å²) in [6, 6.07) is 8.83. The predicted octanol–water partition coefficient (Wildman–Crippen LogP) is 4.22. The van der Waals surface area contributed by atoms with Gasteiger partial charge in [-0.2, -0.15) is 0 Å². The van der Waals surface area contributed by atoms with Crippen molar-refractivity contribution in [2.75, 3.05) is 25.9 Å². The number of rotatable bonds is 9. The molecule has 1 aliphatic carbocycles. The van der Waals surface area contributed by atoms with Crippen molar-refractivity contribution in [2.45, 2.75) is 69.2 Å². The fraction of sp³-hybridized carbons (Fsp3) is 0.609. The van der Waals surface area contributed by atoms with Crippen LogP contribution in [0.2, 0.25) is 0 Å². The van der Waals surface area contributed by atoms with E-state index in [0.29, 0.717) is 12.6 Å². The van der Waals surface area contributed by atoms with Crippen molar-refractivity contribution in [3.05, 3.63) is 35.7 Å². The number of para-hydroxylation sites is 1. The van der Waals surface area contributed by atoms with Crippen LogP contribution in [-0.4, -0.2) is 52.7 Å². The Morgan fingerprint density at radius 3 is 2.78 bits per heavy atom. The SMILES string of the molecule is CCNC(=NCC1Cc2ccccc2O1)NCCCc1nnc(SC)n1C1CCCC1.I. The Hall–Kier alpha value is -1.49. The second-order valence-corrected chi connectivity index (χ2v) is 8.99. The number of aliphatic imine (C=N–C) groups is 1. The van der Waals surface area contributed by atoms with E-state index in [-0.39, 0.29) is 30.1 Å². The molecule has 1 aromatic heterocycles. The van der Waals surface area contributed by atoms with Gasteiger partial charge >= 0.3 is 0 Å². The predicted molar refractivity (Wildman–Crippen MR) is 142 cm³/mol. The number of nitrogens with one attached hydrogen (secondary N) is 2. The molecule has 0 saturated heterocycles. The summed E-state index contributed by atoms with van der Waals surface area (Å²) in [6.07, 6.45) is 10.2. The average Bonchev–Trinajstić information content (AvgIpc) is 3.53. The van der Waals surface area contributed by atoms with Crippen molar-refractivity contribution in [1.82, 2.24) is 25.4 Å². The number of hydrogen-bond acceptors (Lipinski definition) is 5. The Morgan fingerprint density at radius 2 is 2.03 bits per heavy atom. The van der Waals surface area contributed by atoms with E-state index < -0.39 is 0 Å². The number of halogens is 1. The molecule has 1 aromatic carbocycles. The number of benzene rings is 1. The summed E-state index contributed by atoms with van der Waals surface area (Å²) in [4.78, 5) is 4.75. The topological polar surface area (TPSA) is 76.4 Å². The second-order valence-electron chi connectivity index (χ2n) is 8.21. The maximum absolute atomic E-state index is 6.01. The molecule has 32 heavy (non-hydrogen) atoms. The van der Waals surface area contributed by atoms with E-state index in [1.165, 1.54) is 31.2 Å². The van der Waals surface area contributed by atoms with Crippen molar-refractivity contribution in [2.24, 2.45) is 4.99 Å². The minimum Gasteiger partial charge on any atom is -0.488 e. The summed E-state index contributed by atoms with van der Waals surface area (Å²) in [7, 11) is 0. The molecule has 0 radical (unpaired) electrons. The maximum atomic E-state index is 6.01. The van der Waals surface area contributed by atoms with Gasteiger partial charge < -0.3 is 19.9 Å². The third-order valence-electron chi connectivity index (χ3n) is 5.99. The highest BCUT2D eigenvalue weighted by molar-refractivity contribution is 14.0. The van der Waals surface area contributed by atoms with Gasteiger partial charge in [0.25, 0.3) is 0 Å². The van der Waals surface area contributed by atoms with Gasteiger partial charge in [0.1, 0.15) is 17.7 Å². The van der Waals surface area contributed by atoms with Crippen LogP contribution < -0.4 is 15.4 Å². The molecule has 2 heterocycles. The zero-order valence-corrected chi connectivity index (χ0v) is 22.2. The molecule has 0 amide bonds. The highest BCUT2D eigenvalue weighted by atomic mass is 127. The quantitative estimate of drug-likeness (QED) is 0.155. The summed E-state index contributed by atoms with van der Waals surface area (Å²) >= 11 is 1.70. The van der Waals surface area contributed by atoms with Gasteiger partial charge in [-0.25, -0.2) is 4.99 Å². The van der Waals surface area contributed by atoms with E-state index in [1.807, 2.05) is 12.1 Å². The fourth-order valence-corrected chi connectivity index (χ4v) is 5.06. The average molecular weight is 571 g/mol. The van der Waals surface area contributed by atoms with E-state index in [1.54, 1.807) is 11.8 Å². The molecule has 4 rings (SSSR count). The van der Waals surface area contributed by atoms with E-state index >= 15 is 0 Å². The van der Waals surface area contributed by atoms with Crippen LogP contribution in [0.3, 0.4) is 0 Å². The van der Waals surface area contributed by atoms with Gasteiger partial charge in [0.05, 0.1) is 6.54 Å². The summed E-state index contributed by atoms with van der Waals surface area (Å²) < 4.78 is 8.41. The first-order valence-corrected chi connectivity index (χ1v) is 12.8. The summed E-state index contributed by atoms with van der Waals surface area (Å²) in [5, 5.41) is 16.8. The second kappa shape index (κ2) is 12.7. The molecule has 2 aromatic rings. The molecule has 2 N–H and O–H groups in total. The molecule has 2 aliphatic rings. The summed E-state index contributed by atoms with van der Waals surface area (Å²) in [6.45, 7) is 4.43. The molecular weight excluding hydrogens is 535 g/mol. The van der Waals surface area contributed by atoms with Gasteiger partial charge in [0.2, 0.25) is 0 Å². The molecule has 1 unspecified atom stereocenters. The van der Waals surface area contributed by atoms with Crippen molar-refractivity contribution in [1.29, 1.82) is 0 Å². The van der Waals surface area contributed by atoms with Crippen LogP contribution in [0.1, 0.15) is 56.5 Å². The number of guanidine groups is 1. The van der Waals surface area contributed by atoms with Crippen LogP contribution in [0.15, 0.2) is 34.4 Å². The van der Waals surface area contributed by atoms with E-state index in [2.05, 4.69) is 50.7 Å². The van der Waals surface area contributed by atoms with Gasteiger partial charge in [-0.05, 0) is 44.1 Å². The summed E-state index contributed by atoms with van der Waals surface area (Å²) in [5.41, 5.74) is 1.27. The normalized spacial score (nSPS) is 18.2. The first kappa shape index (κ1) is 25.1. The molecule has 0 bridgehead atoms. The van der Waals surface area contributed by atoms with Crippen LogP contribution >= 0.6 is 35.7 Å². The summed E-state index contributed by atoms with van der Waals surface area (Å²) in [5.74, 6) is 2.97. The van der Waals surface area contributed by atoms with Crippen molar-refractivity contribution < 1.29 is 4.74 Å². The molecule has 1 aliphatic heterocycles. The molecule has 9 heteroatoms. The Kier molecular flexibility index (Phi) is 9.95. The lowest BCUT2D eigenvalue weighted by Crippen LogP contribution is -2.38. The monoisotopic (exact) mass is 570 g/mol. The Bertz CT molecular complexity index is 858. The maximum Gasteiger partial charge on any atom is 0.191 e. The number of hydrogen-bond donors (Lipinski definition) is 2. The molecule has 1 fully saturated rings. The van der Waals surface area contributed by atoms with E-state index in [9.17, 15) is 0 Å². The number of thioether (sulfide) groups is 1. The van der Waals surface area contributed by atoms with Gasteiger partial charge in [-0.1, -0.05) is 42.8 Å². The van der Waals surface area contributed by atoms with Crippen LogP contribution in [0.25, 0.3) is 0 Å². The van der Waals surface area contributed by atoms with Crippen molar-refractivity contribution >= 4 is 41.7 Å². The molecule has 1 saturated carbocycles. The molecule has 0 spiro atoms. The number of nitrogens with zero attached hydrogens (tertiary/aromatic N) is 4. The lowest BCUT2D eigenvalue weighted by molar-refractivity contribution is 0.241. The first-order chi connectivity index (χ1) is 15.3. The number of ether oxygens (including phenoxy) is 1. The van der Waals surface area contributed by atoms with Crippen molar-refractivity contribution in [3.8, 4) is 5.75 Å². The lowest BCUT2D eigenvalue weighted by Gasteiger charge is -2.16. The minimum atomic E-state index is 0. The Balaban J connectivity index is 0.00000289. The zero-order chi connectivity index (χ0) is 21.5. The van der Waals surface area contributed by atoms with Crippen LogP contribution in [0.5, 0.6) is 5.75 Å². The van der Waals surface area contributed by atoms with Gasteiger partial charge in [-0.15, -0.1) is 34.2 Å². The minimum absolute atomic E-state index is 0. The first-order valence-electron chi connectivity index (χ1n) is 11.5. The van der Waals surface area contributed by atoms with E-state index in [0.717, 1.165) is 55.0 Å². The standard InChI is InChI=1S/C23H34N6OS.HI/c1-3-24-22(26-16-19-15-17-9-4-7-12-20(17)30-19)25-14-8-13-21-27-28-23(31-2)29(21)18-10-5-6-11-18;/h4,7,9,12,18-19H,3,5-6,8,10-11,13-16H2,1-2H3,(H2,24,25,26);1H. The molecule has 7 nitrogen and oxygen atoms in total. The highest BCUT2D eigenvalue weighted by Crippen LogP contribution is 2.33. The smallest absolute Gasteiger partial charge is 0.191 e. The van der Waals surface area contributed by atoms with Crippen LogP contribution in [-0.2, 0) is 12.8 Å². The van der Waals surface area contributed by atoms with E-state index in [4.69, 9.17) is 9.73 Å². The Labute approximate surface area is 212 Å². The number of aryl methyl sites for hydroxylation is 1. The van der Waals surface area contributed by atoms with Gasteiger partial charge in [-0.3, -0.25) is 0 Å². The zero-order valence-electron chi connectivity index (χ0n) is 19.0. The van der Waals surface area contributed by atoms with Gasteiger partial charge in [0.15, 0.2) is 11.1 Å². The lowest BCUT2D eigenvalue weighted by atomic mass is 10.1. The third kappa shape index (κ3) is 6.30. The number of fused-ring (bicyclic) bond motifs is 1. The third-order valence-corrected chi connectivity index (χ3v) is 6.63. The van der Waals surface area contributed by atoms with Crippen LogP contribution in [0.4, 0.5) is 0 Å². The highest BCUT2D eigenvalue weighted by Gasteiger charge is 2.24. The molecular formula is C23H35IN6OS. The largest absolute Gasteiger partial charge is 0.488 e. The molecule has 176 valence electrons. The number of aromatic nitrogens is 3. The fourth-order valence-electron chi connectivity index (χ4n) is 4.49. The Morgan fingerprint density at radius 1 is 1.22 bits per heavy atom. The van der Waals surface area contributed by atoms with Gasteiger partial charge in [0, 0.05) is 32.0 Å². The van der Waals surface area contributed by atoms with Crippen LogP contribution in [0, 0.1) is 0 Å². The van der Waals surface area contributed by atoms with Crippen molar-refractivity contribution in [3.63, 3.8) is 0 Å².